The van der Waals surface area contributed by atoms with Crippen molar-refractivity contribution >= 4 is 22.9 Å². The molecule has 1 rings (SSSR count). The normalized spacial score (nSPS) is 11.2. The molecule has 0 atom stereocenters. The van der Waals surface area contributed by atoms with Crippen LogP contribution in [0.5, 0.6) is 0 Å². The molecule has 0 aliphatic carbocycles. The molecule has 1 aromatic rings. The SMILES string of the molecule is CCN(C)CCCCc1nc(CCl)cs1. The monoisotopic (exact) mass is 246 g/mol. The number of alkyl halides is 1. The zero-order chi connectivity index (χ0) is 11.1. The summed E-state index contributed by atoms with van der Waals surface area (Å²) in [6.45, 7) is 4.51. The average molecular weight is 247 g/mol. The van der Waals surface area contributed by atoms with Gasteiger partial charge in [0.15, 0.2) is 0 Å². The van der Waals surface area contributed by atoms with E-state index >= 15 is 0 Å². The molecule has 0 bridgehead atoms. The lowest BCUT2D eigenvalue weighted by Gasteiger charge is -2.12. The van der Waals surface area contributed by atoms with Crippen LogP contribution in [0, 0.1) is 0 Å². The van der Waals surface area contributed by atoms with E-state index in [1.807, 2.05) is 0 Å². The number of halogens is 1. The predicted octanol–water partition coefficient (Wildman–Crippen LogP) is 3.16. The summed E-state index contributed by atoms with van der Waals surface area (Å²) in [4.78, 5) is 6.78. The second-order valence-electron chi connectivity index (χ2n) is 3.72. The Balaban J connectivity index is 2.14. The molecule has 0 aliphatic rings. The standard InChI is InChI=1S/C11H19ClN2S/c1-3-14(2)7-5-4-6-11-13-10(8-12)9-15-11/h9H,3-8H2,1-2H3. The van der Waals surface area contributed by atoms with Crippen LogP contribution < -0.4 is 0 Å². The first-order valence-corrected chi connectivity index (χ1v) is 6.85. The maximum atomic E-state index is 5.70. The van der Waals surface area contributed by atoms with Gasteiger partial charge in [0.25, 0.3) is 0 Å². The number of aromatic nitrogens is 1. The Morgan fingerprint density at radius 2 is 2.27 bits per heavy atom. The van der Waals surface area contributed by atoms with Gasteiger partial charge in [-0.15, -0.1) is 22.9 Å². The van der Waals surface area contributed by atoms with Gasteiger partial charge in [-0.3, -0.25) is 0 Å². The summed E-state index contributed by atoms with van der Waals surface area (Å²) in [6.07, 6.45) is 3.57. The van der Waals surface area contributed by atoms with Gasteiger partial charge in [-0.05, 0) is 39.4 Å². The molecule has 4 heteroatoms. The third-order valence-corrected chi connectivity index (χ3v) is 3.69. The van der Waals surface area contributed by atoms with Gasteiger partial charge in [-0.1, -0.05) is 6.92 Å². The Labute approximate surface area is 101 Å². The average Bonchev–Trinajstić information content (AvgIpc) is 2.72. The Morgan fingerprint density at radius 3 is 2.87 bits per heavy atom. The Kier molecular flexibility index (Phi) is 6.22. The molecule has 2 nitrogen and oxygen atoms in total. The van der Waals surface area contributed by atoms with Gasteiger partial charge >= 0.3 is 0 Å². The van der Waals surface area contributed by atoms with Crippen LogP contribution in [-0.2, 0) is 12.3 Å². The highest BCUT2D eigenvalue weighted by Crippen LogP contribution is 2.14. The van der Waals surface area contributed by atoms with Crippen LogP contribution >= 0.6 is 22.9 Å². The first-order chi connectivity index (χ1) is 7.26. The first kappa shape index (κ1) is 12.9. The minimum Gasteiger partial charge on any atom is -0.307 e. The molecular weight excluding hydrogens is 228 g/mol. The Morgan fingerprint density at radius 1 is 1.47 bits per heavy atom. The molecule has 0 unspecified atom stereocenters. The molecule has 0 saturated carbocycles. The summed E-state index contributed by atoms with van der Waals surface area (Å²) in [6, 6.07) is 0. The smallest absolute Gasteiger partial charge is 0.0928 e. The molecule has 0 aromatic carbocycles. The van der Waals surface area contributed by atoms with Gasteiger partial charge in [-0.25, -0.2) is 4.98 Å². The Bertz CT molecular complexity index is 275. The van der Waals surface area contributed by atoms with E-state index in [9.17, 15) is 0 Å². The molecule has 1 aromatic heterocycles. The van der Waals surface area contributed by atoms with Crippen molar-refractivity contribution in [2.75, 3.05) is 20.1 Å². The summed E-state index contributed by atoms with van der Waals surface area (Å²) in [5.41, 5.74) is 1.02. The zero-order valence-electron chi connectivity index (χ0n) is 9.50. The molecular formula is C11H19ClN2S. The van der Waals surface area contributed by atoms with Crippen LogP contribution in [0.25, 0.3) is 0 Å². The molecule has 1 heterocycles. The highest BCUT2D eigenvalue weighted by molar-refractivity contribution is 7.09. The molecule has 0 spiro atoms. The van der Waals surface area contributed by atoms with Gasteiger partial charge < -0.3 is 4.90 Å². The Hall–Kier alpha value is -0.120. The van der Waals surface area contributed by atoms with Crippen LogP contribution in [0.1, 0.15) is 30.5 Å². The summed E-state index contributed by atoms with van der Waals surface area (Å²) in [7, 11) is 2.16. The predicted molar refractivity (Wildman–Crippen MR) is 67.8 cm³/mol. The third-order valence-electron chi connectivity index (χ3n) is 2.46. The molecule has 86 valence electrons. The first-order valence-electron chi connectivity index (χ1n) is 5.44. The summed E-state index contributed by atoms with van der Waals surface area (Å²) >= 11 is 7.43. The van der Waals surface area contributed by atoms with Crippen molar-refractivity contribution in [3.05, 3.63) is 16.1 Å². The molecule has 15 heavy (non-hydrogen) atoms. The van der Waals surface area contributed by atoms with Gasteiger partial charge in [0.1, 0.15) is 0 Å². The fourth-order valence-corrected chi connectivity index (χ4v) is 2.41. The number of rotatable bonds is 7. The molecule has 0 N–H and O–H groups in total. The van der Waals surface area contributed by atoms with E-state index in [0.29, 0.717) is 5.88 Å². The topological polar surface area (TPSA) is 16.1 Å². The second kappa shape index (κ2) is 7.20. The third kappa shape index (κ3) is 4.96. The van der Waals surface area contributed by atoms with Crippen molar-refractivity contribution in [2.45, 2.75) is 32.1 Å². The van der Waals surface area contributed by atoms with Gasteiger partial charge in [0.05, 0.1) is 16.6 Å². The molecule has 0 radical (unpaired) electrons. The minimum atomic E-state index is 0.537. The van der Waals surface area contributed by atoms with Crippen LogP contribution in [0.15, 0.2) is 5.38 Å². The van der Waals surface area contributed by atoms with E-state index in [-0.39, 0.29) is 0 Å². The molecule has 0 saturated heterocycles. The lowest BCUT2D eigenvalue weighted by Crippen LogP contribution is -2.18. The van der Waals surface area contributed by atoms with E-state index in [1.54, 1.807) is 11.3 Å². The van der Waals surface area contributed by atoms with Crippen molar-refractivity contribution in [1.82, 2.24) is 9.88 Å². The van der Waals surface area contributed by atoms with Crippen molar-refractivity contribution < 1.29 is 0 Å². The highest BCUT2D eigenvalue weighted by Gasteiger charge is 2.01. The van der Waals surface area contributed by atoms with Gasteiger partial charge in [0, 0.05) is 5.38 Å². The number of unbranched alkanes of at least 4 members (excludes halogenated alkanes) is 1. The summed E-state index contributed by atoms with van der Waals surface area (Å²) in [5, 5.41) is 3.28. The van der Waals surface area contributed by atoms with Crippen molar-refractivity contribution in [3.63, 3.8) is 0 Å². The lowest BCUT2D eigenvalue weighted by atomic mass is 10.2. The van der Waals surface area contributed by atoms with Gasteiger partial charge in [0.2, 0.25) is 0 Å². The van der Waals surface area contributed by atoms with Crippen molar-refractivity contribution in [2.24, 2.45) is 0 Å². The number of aryl methyl sites for hydroxylation is 1. The quantitative estimate of drug-likeness (QED) is 0.543. The largest absolute Gasteiger partial charge is 0.307 e. The van der Waals surface area contributed by atoms with Crippen LogP contribution in [0.3, 0.4) is 0 Å². The summed E-state index contributed by atoms with van der Waals surface area (Å²) in [5.74, 6) is 0.537. The highest BCUT2D eigenvalue weighted by atomic mass is 35.5. The van der Waals surface area contributed by atoms with Crippen LogP contribution in [-0.4, -0.2) is 30.0 Å². The van der Waals surface area contributed by atoms with E-state index < -0.39 is 0 Å². The van der Waals surface area contributed by atoms with Crippen molar-refractivity contribution in [3.8, 4) is 0 Å². The maximum absolute atomic E-state index is 5.70. The maximum Gasteiger partial charge on any atom is 0.0928 e. The number of nitrogens with zero attached hydrogens (tertiary/aromatic N) is 2. The second-order valence-corrected chi connectivity index (χ2v) is 4.93. The summed E-state index contributed by atoms with van der Waals surface area (Å²) < 4.78 is 0. The van der Waals surface area contributed by atoms with Crippen LogP contribution in [0.2, 0.25) is 0 Å². The molecule has 0 aliphatic heterocycles. The fraction of sp³-hybridized carbons (Fsp3) is 0.727. The van der Waals surface area contributed by atoms with Gasteiger partial charge in [-0.2, -0.15) is 0 Å². The van der Waals surface area contributed by atoms with Crippen molar-refractivity contribution in [1.29, 1.82) is 0 Å². The van der Waals surface area contributed by atoms with E-state index in [1.165, 1.54) is 24.4 Å². The van der Waals surface area contributed by atoms with E-state index in [4.69, 9.17) is 11.6 Å². The fourth-order valence-electron chi connectivity index (χ4n) is 1.34. The number of thiazole rings is 1. The molecule has 0 fully saturated rings. The lowest BCUT2D eigenvalue weighted by molar-refractivity contribution is 0.343. The molecule has 0 amide bonds. The van der Waals surface area contributed by atoms with E-state index in [2.05, 4.69) is 29.2 Å². The number of hydrogen-bond acceptors (Lipinski definition) is 3. The zero-order valence-corrected chi connectivity index (χ0v) is 11.1. The van der Waals surface area contributed by atoms with Crippen LogP contribution in [0.4, 0.5) is 0 Å². The minimum absolute atomic E-state index is 0.537. The van der Waals surface area contributed by atoms with E-state index in [0.717, 1.165) is 18.7 Å². The number of hydrogen-bond donors (Lipinski definition) is 0.